The number of hydrogen-bond donors (Lipinski definition) is 1. The van der Waals surface area contributed by atoms with E-state index in [1.54, 1.807) is 0 Å². The Kier molecular flexibility index (Phi) is 4.59. The summed E-state index contributed by atoms with van der Waals surface area (Å²) >= 11 is 0. The molecule has 1 atom stereocenters. The number of hydrogen-bond acceptors (Lipinski definition) is 3. The molecular weight excluding hydrogens is 222 g/mol. The first-order valence-corrected chi connectivity index (χ1v) is 7.12. The lowest BCUT2D eigenvalue weighted by atomic mass is 10.1. The van der Waals surface area contributed by atoms with Crippen molar-refractivity contribution in [2.24, 2.45) is 5.92 Å². The fourth-order valence-corrected chi connectivity index (χ4v) is 2.47. The summed E-state index contributed by atoms with van der Waals surface area (Å²) in [5.41, 5.74) is 2.47. The van der Waals surface area contributed by atoms with Crippen molar-refractivity contribution >= 4 is 5.69 Å². The van der Waals surface area contributed by atoms with Crippen LogP contribution in [0, 0.1) is 5.92 Å². The van der Waals surface area contributed by atoms with Gasteiger partial charge in [0, 0.05) is 37.6 Å². The molecule has 1 fully saturated rings. The molecule has 1 N–H and O–H groups in total. The van der Waals surface area contributed by atoms with Gasteiger partial charge in [0.1, 0.15) is 0 Å². The Hall–Kier alpha value is -1.09. The topological polar surface area (TPSA) is 28.2 Å². The van der Waals surface area contributed by atoms with Gasteiger partial charge in [0.25, 0.3) is 0 Å². The Morgan fingerprint density at radius 1 is 1.50 bits per heavy atom. The molecule has 1 unspecified atom stereocenters. The monoisotopic (exact) mass is 247 g/mol. The van der Waals surface area contributed by atoms with Crippen molar-refractivity contribution in [1.29, 1.82) is 0 Å². The van der Waals surface area contributed by atoms with Crippen molar-refractivity contribution < 1.29 is 0 Å². The molecule has 0 aromatic carbocycles. The van der Waals surface area contributed by atoms with Crippen molar-refractivity contribution in [3.8, 4) is 0 Å². The van der Waals surface area contributed by atoms with E-state index in [0.717, 1.165) is 18.2 Å². The van der Waals surface area contributed by atoms with Gasteiger partial charge in [0.15, 0.2) is 0 Å². The second-order valence-corrected chi connectivity index (χ2v) is 5.55. The Bertz CT molecular complexity index is 376. The van der Waals surface area contributed by atoms with Gasteiger partial charge in [0.2, 0.25) is 0 Å². The molecule has 2 heterocycles. The van der Waals surface area contributed by atoms with E-state index >= 15 is 0 Å². The third kappa shape index (κ3) is 3.45. The van der Waals surface area contributed by atoms with E-state index < -0.39 is 0 Å². The van der Waals surface area contributed by atoms with Crippen LogP contribution in [0.15, 0.2) is 18.3 Å². The molecule has 0 radical (unpaired) electrons. The van der Waals surface area contributed by atoms with Gasteiger partial charge < -0.3 is 10.2 Å². The van der Waals surface area contributed by atoms with Gasteiger partial charge in [-0.3, -0.25) is 4.98 Å². The predicted molar refractivity (Wildman–Crippen MR) is 76.8 cm³/mol. The molecule has 3 heteroatoms. The highest BCUT2D eigenvalue weighted by Crippen LogP contribution is 2.25. The largest absolute Gasteiger partial charge is 0.371 e. The molecule has 0 aliphatic carbocycles. The average Bonchev–Trinajstić information content (AvgIpc) is 2.85. The second kappa shape index (κ2) is 6.19. The zero-order valence-corrected chi connectivity index (χ0v) is 11.8. The molecule has 2 rings (SSSR count). The van der Waals surface area contributed by atoms with Crippen LogP contribution in [0.4, 0.5) is 5.69 Å². The lowest BCUT2D eigenvalue weighted by Crippen LogP contribution is -2.23. The molecule has 1 aromatic rings. The van der Waals surface area contributed by atoms with Crippen LogP contribution < -0.4 is 10.2 Å². The highest BCUT2D eigenvalue weighted by atomic mass is 15.2. The molecule has 100 valence electrons. The molecule has 1 aliphatic rings. The van der Waals surface area contributed by atoms with E-state index in [-0.39, 0.29) is 0 Å². The van der Waals surface area contributed by atoms with Crippen LogP contribution >= 0.6 is 0 Å². The summed E-state index contributed by atoms with van der Waals surface area (Å²) in [7, 11) is 0. The minimum absolute atomic E-state index is 0.506. The normalized spacial score (nSPS) is 19.8. The highest BCUT2D eigenvalue weighted by Gasteiger charge is 2.21. The summed E-state index contributed by atoms with van der Waals surface area (Å²) in [4.78, 5) is 6.93. The van der Waals surface area contributed by atoms with E-state index in [2.05, 4.69) is 48.1 Å². The molecule has 0 spiro atoms. The van der Waals surface area contributed by atoms with Gasteiger partial charge in [-0.25, -0.2) is 0 Å². The van der Waals surface area contributed by atoms with Crippen molar-refractivity contribution in [3.05, 3.63) is 24.0 Å². The zero-order valence-electron chi connectivity index (χ0n) is 11.8. The third-order valence-corrected chi connectivity index (χ3v) is 3.72. The fraction of sp³-hybridized carbons (Fsp3) is 0.667. The number of nitrogens with one attached hydrogen (secondary N) is 1. The van der Waals surface area contributed by atoms with Crippen molar-refractivity contribution in [3.63, 3.8) is 0 Å². The minimum Gasteiger partial charge on any atom is -0.371 e. The minimum atomic E-state index is 0.506. The highest BCUT2D eigenvalue weighted by molar-refractivity contribution is 5.47. The maximum Gasteiger partial charge on any atom is 0.0562 e. The van der Waals surface area contributed by atoms with E-state index in [4.69, 9.17) is 0 Å². The van der Waals surface area contributed by atoms with Crippen molar-refractivity contribution in [2.75, 3.05) is 18.0 Å². The van der Waals surface area contributed by atoms with Gasteiger partial charge in [-0.05, 0) is 24.5 Å². The molecular formula is C15H25N3. The van der Waals surface area contributed by atoms with Gasteiger partial charge in [-0.1, -0.05) is 27.2 Å². The summed E-state index contributed by atoms with van der Waals surface area (Å²) in [6, 6.07) is 4.87. The molecule has 0 saturated carbocycles. The number of pyridine rings is 1. The summed E-state index contributed by atoms with van der Waals surface area (Å²) in [5.74, 6) is 0.871. The Morgan fingerprint density at radius 3 is 3.00 bits per heavy atom. The average molecular weight is 247 g/mol. The summed E-state index contributed by atoms with van der Waals surface area (Å²) < 4.78 is 0. The molecule has 18 heavy (non-hydrogen) atoms. The molecule has 1 saturated heterocycles. The van der Waals surface area contributed by atoms with Crippen molar-refractivity contribution in [2.45, 2.75) is 46.2 Å². The summed E-state index contributed by atoms with van der Waals surface area (Å²) in [6.45, 7) is 9.87. The number of anilines is 1. The van der Waals surface area contributed by atoms with Gasteiger partial charge >= 0.3 is 0 Å². The van der Waals surface area contributed by atoms with E-state index in [1.165, 1.54) is 31.6 Å². The maximum absolute atomic E-state index is 4.43. The number of nitrogens with zero attached hydrogens (tertiary/aromatic N) is 2. The molecule has 0 amide bonds. The lowest BCUT2D eigenvalue weighted by molar-refractivity contribution is 0.569. The fourth-order valence-electron chi connectivity index (χ4n) is 2.47. The lowest BCUT2D eigenvalue weighted by Gasteiger charge is -2.19. The summed E-state index contributed by atoms with van der Waals surface area (Å²) in [6.07, 6.45) is 4.56. The molecule has 0 bridgehead atoms. The first-order valence-electron chi connectivity index (χ1n) is 7.12. The van der Waals surface area contributed by atoms with E-state index in [0.29, 0.717) is 6.04 Å². The standard InChI is InChI=1S/C15H25N3/c1-4-13-6-8-18(11-13)15-5-7-16-14(9-15)10-17-12(2)3/h5,7,9,12-13,17H,4,6,8,10-11H2,1-3H3. The first-order chi connectivity index (χ1) is 8.69. The maximum atomic E-state index is 4.43. The van der Waals surface area contributed by atoms with Crippen LogP contribution in [0.5, 0.6) is 0 Å². The number of aromatic nitrogens is 1. The Morgan fingerprint density at radius 2 is 2.33 bits per heavy atom. The molecule has 1 aromatic heterocycles. The second-order valence-electron chi connectivity index (χ2n) is 5.55. The van der Waals surface area contributed by atoms with E-state index in [9.17, 15) is 0 Å². The van der Waals surface area contributed by atoms with Gasteiger partial charge in [0.05, 0.1) is 5.69 Å². The Labute approximate surface area is 111 Å². The number of rotatable bonds is 5. The van der Waals surface area contributed by atoms with Gasteiger partial charge in [-0.2, -0.15) is 0 Å². The van der Waals surface area contributed by atoms with Crippen LogP contribution in [-0.4, -0.2) is 24.1 Å². The first kappa shape index (κ1) is 13.3. The third-order valence-electron chi connectivity index (χ3n) is 3.72. The van der Waals surface area contributed by atoms with Crippen LogP contribution in [0.3, 0.4) is 0 Å². The quantitative estimate of drug-likeness (QED) is 0.867. The SMILES string of the molecule is CCC1CCN(c2ccnc(CNC(C)C)c2)C1. The summed E-state index contributed by atoms with van der Waals surface area (Å²) in [5, 5.41) is 3.42. The zero-order chi connectivity index (χ0) is 13.0. The molecule has 1 aliphatic heterocycles. The van der Waals surface area contributed by atoms with Crippen LogP contribution in [0.1, 0.15) is 39.3 Å². The Balaban J connectivity index is 1.99. The van der Waals surface area contributed by atoms with Crippen LogP contribution in [0.2, 0.25) is 0 Å². The molecule has 3 nitrogen and oxygen atoms in total. The van der Waals surface area contributed by atoms with E-state index in [1.807, 2.05) is 6.20 Å². The van der Waals surface area contributed by atoms with Gasteiger partial charge in [-0.15, -0.1) is 0 Å². The predicted octanol–water partition coefficient (Wildman–Crippen LogP) is 2.82. The smallest absolute Gasteiger partial charge is 0.0562 e. The van der Waals surface area contributed by atoms with Crippen LogP contribution in [-0.2, 0) is 6.54 Å². The van der Waals surface area contributed by atoms with Crippen LogP contribution in [0.25, 0.3) is 0 Å². The van der Waals surface area contributed by atoms with Crippen molar-refractivity contribution in [1.82, 2.24) is 10.3 Å².